The summed E-state index contributed by atoms with van der Waals surface area (Å²) >= 11 is 0. The van der Waals surface area contributed by atoms with Crippen LogP contribution in [0.1, 0.15) is 55.4 Å². The molecule has 0 bridgehead atoms. The molecule has 2 unspecified atom stereocenters. The number of hydrogen-bond acceptors (Lipinski definition) is 6. The first-order valence-electron chi connectivity index (χ1n) is 13.5. The molecule has 4 rings (SSSR count). The second kappa shape index (κ2) is 11.3. The highest BCUT2D eigenvalue weighted by molar-refractivity contribution is 6.97. The lowest BCUT2D eigenvalue weighted by atomic mass is 9.79. The summed E-state index contributed by atoms with van der Waals surface area (Å²) < 4.78 is 39.1. The zero-order valence-corrected chi connectivity index (χ0v) is 24.6. The SMILES string of the molecule is CC(C)C1OB(O[Si](OB2OCC(C)(C)C(C(C)C)O2)(c2ccccc2)c2ccccc2)OCC1(C)C. The van der Waals surface area contributed by atoms with Crippen molar-refractivity contribution in [2.24, 2.45) is 22.7 Å². The van der Waals surface area contributed by atoms with Crippen LogP contribution in [0.25, 0.3) is 0 Å². The number of hydrogen-bond donors (Lipinski definition) is 0. The molecule has 0 N–H and O–H groups in total. The molecule has 2 heterocycles. The fraction of sp³-hybridized carbons (Fsp3) is 0.571. The molecular weight excluding hydrogens is 482 g/mol. The highest BCUT2D eigenvalue weighted by Gasteiger charge is 2.55. The van der Waals surface area contributed by atoms with Crippen LogP contribution in [0.4, 0.5) is 0 Å². The third kappa shape index (κ3) is 6.25. The van der Waals surface area contributed by atoms with Gasteiger partial charge in [-0.25, -0.2) is 0 Å². The van der Waals surface area contributed by atoms with Crippen LogP contribution in [-0.4, -0.2) is 48.6 Å². The predicted molar refractivity (Wildman–Crippen MR) is 150 cm³/mol. The van der Waals surface area contributed by atoms with Gasteiger partial charge >= 0.3 is 23.2 Å². The Hall–Kier alpha value is -1.45. The van der Waals surface area contributed by atoms with Gasteiger partial charge in [0.15, 0.2) is 0 Å². The highest BCUT2D eigenvalue weighted by Crippen LogP contribution is 2.36. The molecule has 200 valence electrons. The molecule has 2 atom stereocenters. The Morgan fingerprint density at radius 3 is 1.35 bits per heavy atom. The monoisotopic (exact) mass is 524 g/mol. The number of rotatable bonds is 8. The van der Waals surface area contributed by atoms with Gasteiger partial charge in [-0.1, -0.05) is 116 Å². The molecule has 6 nitrogen and oxygen atoms in total. The standard InChI is InChI=1S/C28H42B2O6Si/c1-21(2)25-27(5,6)19-31-29(33-25)35-37(23-15-11-9-12-16-23,24-17-13-10-14-18-24)36-30-32-20-28(7,8)26(34-30)22(3)4/h9-18,21-22,25-26H,19-20H2,1-8H3. The molecule has 2 aromatic carbocycles. The molecule has 2 aliphatic rings. The van der Waals surface area contributed by atoms with Gasteiger partial charge in [-0.15, -0.1) is 0 Å². The lowest BCUT2D eigenvalue weighted by Gasteiger charge is -2.46. The van der Waals surface area contributed by atoms with Crippen LogP contribution < -0.4 is 10.4 Å². The highest BCUT2D eigenvalue weighted by atomic mass is 28.4. The first-order chi connectivity index (χ1) is 17.4. The maximum absolute atomic E-state index is 6.89. The zero-order valence-electron chi connectivity index (χ0n) is 23.6. The van der Waals surface area contributed by atoms with Gasteiger partial charge in [0.1, 0.15) is 0 Å². The average molecular weight is 524 g/mol. The van der Waals surface area contributed by atoms with E-state index >= 15 is 0 Å². The van der Waals surface area contributed by atoms with Crippen LogP contribution >= 0.6 is 0 Å². The van der Waals surface area contributed by atoms with E-state index in [-0.39, 0.29) is 23.0 Å². The van der Waals surface area contributed by atoms with E-state index in [0.29, 0.717) is 25.0 Å². The summed E-state index contributed by atoms with van der Waals surface area (Å²) in [5.41, 5.74) is -0.269. The van der Waals surface area contributed by atoms with Crippen LogP contribution in [0, 0.1) is 22.7 Å². The van der Waals surface area contributed by atoms with Crippen LogP contribution in [0.3, 0.4) is 0 Å². The van der Waals surface area contributed by atoms with Gasteiger partial charge in [0.05, 0.1) is 12.2 Å². The van der Waals surface area contributed by atoms with Crippen molar-refractivity contribution in [2.45, 2.75) is 67.6 Å². The van der Waals surface area contributed by atoms with Gasteiger partial charge in [0.25, 0.3) is 0 Å². The zero-order chi connectivity index (χ0) is 26.8. The first kappa shape index (κ1) is 28.6. The van der Waals surface area contributed by atoms with E-state index in [9.17, 15) is 0 Å². The summed E-state index contributed by atoms with van der Waals surface area (Å²) in [7, 11) is -5.21. The fourth-order valence-corrected chi connectivity index (χ4v) is 8.70. The van der Waals surface area contributed by atoms with Crippen molar-refractivity contribution in [1.29, 1.82) is 0 Å². The molecule has 0 aliphatic carbocycles. The van der Waals surface area contributed by atoms with Crippen molar-refractivity contribution in [2.75, 3.05) is 13.2 Å². The predicted octanol–water partition coefficient (Wildman–Crippen LogP) is 4.44. The van der Waals surface area contributed by atoms with E-state index in [0.717, 1.165) is 10.4 Å². The molecule has 0 radical (unpaired) electrons. The summed E-state index contributed by atoms with van der Waals surface area (Å²) in [5.74, 6) is 0.601. The third-order valence-corrected chi connectivity index (χ3v) is 10.5. The number of benzene rings is 2. The second-order valence-electron chi connectivity index (χ2n) is 12.4. The van der Waals surface area contributed by atoms with Gasteiger partial charge in [-0.3, -0.25) is 0 Å². The largest absolute Gasteiger partial charge is 0.630 e. The topological polar surface area (TPSA) is 55.4 Å². The Morgan fingerprint density at radius 1 is 0.676 bits per heavy atom. The van der Waals surface area contributed by atoms with Gasteiger partial charge in [0.2, 0.25) is 0 Å². The fourth-order valence-electron chi connectivity index (χ4n) is 5.71. The summed E-state index contributed by atoms with van der Waals surface area (Å²) in [6.07, 6.45) is -0.0596. The minimum Gasteiger partial charge on any atom is -0.400 e. The maximum Gasteiger partial charge on any atom is 0.630 e. The summed E-state index contributed by atoms with van der Waals surface area (Å²) in [6.45, 7) is 18.4. The van der Waals surface area contributed by atoms with Gasteiger partial charge in [-0.2, -0.15) is 0 Å². The smallest absolute Gasteiger partial charge is 0.400 e. The summed E-state index contributed by atoms with van der Waals surface area (Å²) in [4.78, 5) is 0. The Labute approximate surface area is 224 Å². The van der Waals surface area contributed by atoms with Crippen molar-refractivity contribution >= 4 is 33.6 Å². The van der Waals surface area contributed by atoms with Crippen molar-refractivity contribution in [3.05, 3.63) is 60.7 Å². The molecule has 9 heteroatoms. The second-order valence-corrected chi connectivity index (χ2v) is 15.2. The van der Waals surface area contributed by atoms with E-state index in [1.807, 2.05) is 60.7 Å². The van der Waals surface area contributed by atoms with Crippen LogP contribution in [-0.2, 0) is 27.3 Å². The Kier molecular flexibility index (Phi) is 8.75. The van der Waals surface area contributed by atoms with Crippen LogP contribution in [0.15, 0.2) is 60.7 Å². The van der Waals surface area contributed by atoms with Crippen LogP contribution in [0.5, 0.6) is 0 Å². The minimum atomic E-state index is -3.44. The molecule has 2 saturated heterocycles. The van der Waals surface area contributed by atoms with E-state index < -0.39 is 23.2 Å². The van der Waals surface area contributed by atoms with E-state index in [1.165, 1.54) is 0 Å². The molecule has 2 fully saturated rings. The van der Waals surface area contributed by atoms with E-state index in [2.05, 4.69) is 55.4 Å². The lowest BCUT2D eigenvalue weighted by Crippen LogP contribution is -2.70. The lowest BCUT2D eigenvalue weighted by molar-refractivity contribution is -0.0885. The Bertz CT molecular complexity index is 923. The maximum atomic E-state index is 6.89. The van der Waals surface area contributed by atoms with Crippen LogP contribution in [0.2, 0.25) is 0 Å². The minimum absolute atomic E-state index is 0.0298. The van der Waals surface area contributed by atoms with Crippen molar-refractivity contribution < 1.29 is 27.3 Å². The molecule has 2 aliphatic heterocycles. The molecule has 0 aromatic heterocycles. The first-order valence-corrected chi connectivity index (χ1v) is 15.3. The van der Waals surface area contributed by atoms with E-state index in [1.54, 1.807) is 0 Å². The molecule has 0 spiro atoms. The molecule has 2 aromatic rings. The van der Waals surface area contributed by atoms with Gasteiger partial charge in [0, 0.05) is 24.0 Å². The normalized spacial score (nSPS) is 24.1. The molecule has 0 saturated carbocycles. The Morgan fingerprint density at radius 2 is 1.03 bits per heavy atom. The molecule has 37 heavy (non-hydrogen) atoms. The Balaban J connectivity index is 1.73. The third-order valence-electron chi connectivity index (χ3n) is 7.28. The molecular formula is C28H42B2O6Si. The van der Waals surface area contributed by atoms with Crippen molar-refractivity contribution in [1.82, 2.24) is 0 Å². The molecule has 0 amide bonds. The summed E-state index contributed by atoms with van der Waals surface area (Å²) in [6, 6.07) is 20.1. The average Bonchev–Trinajstić information content (AvgIpc) is 2.86. The van der Waals surface area contributed by atoms with Gasteiger partial charge in [-0.05, 0) is 22.2 Å². The quantitative estimate of drug-likeness (QED) is 0.477. The summed E-state index contributed by atoms with van der Waals surface area (Å²) in [5, 5.41) is 1.86. The van der Waals surface area contributed by atoms with E-state index in [4.69, 9.17) is 27.3 Å². The van der Waals surface area contributed by atoms with Crippen molar-refractivity contribution in [3.8, 4) is 0 Å². The van der Waals surface area contributed by atoms with Crippen molar-refractivity contribution in [3.63, 3.8) is 0 Å². The van der Waals surface area contributed by atoms with Gasteiger partial charge < -0.3 is 27.3 Å².